The second kappa shape index (κ2) is 6.73. The summed E-state index contributed by atoms with van der Waals surface area (Å²) in [6.07, 6.45) is 5.61. The molecule has 2 aromatic rings. The van der Waals surface area contributed by atoms with Gasteiger partial charge in [0.15, 0.2) is 6.61 Å². The van der Waals surface area contributed by atoms with Gasteiger partial charge in [0.05, 0.1) is 5.69 Å². The molecule has 23 heavy (non-hydrogen) atoms. The van der Waals surface area contributed by atoms with Gasteiger partial charge in [-0.25, -0.2) is 8.78 Å². The van der Waals surface area contributed by atoms with Gasteiger partial charge >= 0.3 is 0 Å². The number of pyridine rings is 1. The van der Waals surface area contributed by atoms with Crippen LogP contribution < -0.4 is 10.1 Å². The van der Waals surface area contributed by atoms with Crippen LogP contribution in [0.3, 0.4) is 0 Å². The summed E-state index contributed by atoms with van der Waals surface area (Å²) >= 11 is 0. The molecule has 0 aliphatic heterocycles. The average Bonchev–Trinajstić information content (AvgIpc) is 2.56. The molecular weight excluding hydrogens is 302 g/mol. The molecule has 0 unspecified atom stereocenters. The number of benzene rings is 1. The molecule has 4 nitrogen and oxygen atoms in total. The number of nitrogens with one attached hydrogen (secondary N) is 1. The van der Waals surface area contributed by atoms with Crippen molar-refractivity contribution in [3.05, 3.63) is 53.4 Å². The number of nitrogens with zero attached hydrogens (tertiary/aromatic N) is 1. The minimum absolute atomic E-state index is 0.199. The number of hydrogen-bond acceptors (Lipinski definition) is 3. The Morgan fingerprint density at radius 1 is 1.22 bits per heavy atom. The van der Waals surface area contributed by atoms with E-state index < -0.39 is 17.5 Å². The topological polar surface area (TPSA) is 51.2 Å². The van der Waals surface area contributed by atoms with Crippen molar-refractivity contribution in [2.24, 2.45) is 0 Å². The number of carbonyl (C=O) groups is 1. The van der Waals surface area contributed by atoms with Crippen molar-refractivity contribution in [1.82, 2.24) is 4.98 Å². The lowest BCUT2D eigenvalue weighted by Crippen LogP contribution is -2.21. The van der Waals surface area contributed by atoms with Gasteiger partial charge in [0, 0.05) is 23.5 Å². The molecule has 1 amide bonds. The molecule has 0 atom stereocenters. The van der Waals surface area contributed by atoms with Gasteiger partial charge in [-0.1, -0.05) is 0 Å². The number of aromatic nitrogens is 1. The molecule has 1 aromatic carbocycles. The summed E-state index contributed by atoms with van der Waals surface area (Å²) in [5.74, 6) is -1.23. The molecule has 0 saturated carbocycles. The van der Waals surface area contributed by atoms with Crippen LogP contribution in [0.1, 0.15) is 24.1 Å². The van der Waals surface area contributed by atoms with E-state index in [0.29, 0.717) is 5.75 Å². The van der Waals surface area contributed by atoms with Gasteiger partial charge < -0.3 is 10.1 Å². The fourth-order valence-electron chi connectivity index (χ4n) is 2.65. The maximum absolute atomic E-state index is 13.5. The van der Waals surface area contributed by atoms with Crippen LogP contribution in [0.2, 0.25) is 0 Å². The molecule has 0 saturated heterocycles. The second-order valence-electron chi connectivity index (χ2n) is 5.40. The Morgan fingerprint density at radius 2 is 2.04 bits per heavy atom. The number of carbonyl (C=O) groups excluding carboxylic acids is 1. The fourth-order valence-corrected chi connectivity index (χ4v) is 2.65. The van der Waals surface area contributed by atoms with Crippen LogP contribution in [0.25, 0.3) is 0 Å². The van der Waals surface area contributed by atoms with Crippen LogP contribution in [-0.4, -0.2) is 17.5 Å². The Bertz CT molecular complexity index is 735. The number of rotatable bonds is 4. The third kappa shape index (κ3) is 3.64. The third-order valence-corrected chi connectivity index (χ3v) is 3.75. The number of halogens is 2. The van der Waals surface area contributed by atoms with Gasteiger partial charge in [0.2, 0.25) is 0 Å². The molecule has 0 fully saturated rings. The van der Waals surface area contributed by atoms with Crippen LogP contribution in [0, 0.1) is 11.6 Å². The van der Waals surface area contributed by atoms with Gasteiger partial charge in [-0.3, -0.25) is 9.78 Å². The highest BCUT2D eigenvalue weighted by Gasteiger charge is 2.16. The molecule has 1 aliphatic carbocycles. The zero-order valence-electron chi connectivity index (χ0n) is 12.4. The van der Waals surface area contributed by atoms with Gasteiger partial charge in [-0.15, -0.1) is 0 Å². The monoisotopic (exact) mass is 318 g/mol. The Labute approximate surface area is 132 Å². The van der Waals surface area contributed by atoms with E-state index in [2.05, 4.69) is 10.3 Å². The van der Waals surface area contributed by atoms with Gasteiger partial charge in [0.1, 0.15) is 17.4 Å². The van der Waals surface area contributed by atoms with E-state index in [4.69, 9.17) is 4.74 Å². The average molecular weight is 318 g/mol. The lowest BCUT2D eigenvalue weighted by atomic mass is 9.95. The number of fused-ring (bicyclic) bond motifs is 1. The van der Waals surface area contributed by atoms with Gasteiger partial charge in [-0.05, 0) is 43.9 Å². The van der Waals surface area contributed by atoms with Crippen molar-refractivity contribution < 1.29 is 18.3 Å². The van der Waals surface area contributed by atoms with E-state index in [1.54, 1.807) is 12.3 Å². The van der Waals surface area contributed by atoms with Crippen molar-refractivity contribution >= 4 is 11.6 Å². The number of hydrogen-bond donors (Lipinski definition) is 1. The lowest BCUT2D eigenvalue weighted by Gasteiger charge is -2.18. The van der Waals surface area contributed by atoms with Crippen LogP contribution in [0.5, 0.6) is 5.75 Å². The van der Waals surface area contributed by atoms with Gasteiger partial charge in [0.25, 0.3) is 5.91 Å². The summed E-state index contributed by atoms with van der Waals surface area (Å²) in [5, 5.41) is 2.31. The van der Waals surface area contributed by atoms with Crippen molar-refractivity contribution in [1.29, 1.82) is 0 Å². The first-order chi connectivity index (χ1) is 11.1. The van der Waals surface area contributed by atoms with Crippen molar-refractivity contribution in [3.8, 4) is 5.75 Å². The number of amides is 1. The molecule has 3 rings (SSSR count). The number of ether oxygens (including phenoxy) is 1. The third-order valence-electron chi connectivity index (χ3n) is 3.75. The summed E-state index contributed by atoms with van der Waals surface area (Å²) in [5.41, 5.74) is 1.84. The SMILES string of the molecule is O=C(COc1ccnc2c1CCCC2)Nc1cc(F)ccc1F. The minimum Gasteiger partial charge on any atom is -0.483 e. The quantitative estimate of drug-likeness (QED) is 0.941. The zero-order chi connectivity index (χ0) is 16.2. The van der Waals surface area contributed by atoms with Crippen LogP contribution in [0.15, 0.2) is 30.5 Å². The fraction of sp³-hybridized carbons (Fsp3) is 0.294. The highest BCUT2D eigenvalue weighted by atomic mass is 19.1. The van der Waals surface area contributed by atoms with E-state index in [0.717, 1.165) is 55.1 Å². The molecular formula is C17H16F2N2O2. The minimum atomic E-state index is -0.693. The van der Waals surface area contributed by atoms with Crippen LogP contribution in [0.4, 0.5) is 14.5 Å². The van der Waals surface area contributed by atoms with E-state index in [9.17, 15) is 13.6 Å². The molecule has 1 aromatic heterocycles. The molecule has 0 bridgehead atoms. The Morgan fingerprint density at radius 3 is 2.91 bits per heavy atom. The summed E-state index contributed by atoms with van der Waals surface area (Å²) < 4.78 is 32.1. The Hall–Kier alpha value is -2.50. The predicted molar refractivity (Wildman–Crippen MR) is 81.4 cm³/mol. The molecule has 0 spiro atoms. The summed E-state index contributed by atoms with van der Waals surface area (Å²) in [7, 11) is 0. The van der Waals surface area contributed by atoms with Crippen molar-refractivity contribution in [2.75, 3.05) is 11.9 Å². The van der Waals surface area contributed by atoms with E-state index in [1.807, 2.05) is 0 Å². The van der Waals surface area contributed by atoms with E-state index in [1.165, 1.54) is 0 Å². The smallest absolute Gasteiger partial charge is 0.262 e. The summed E-state index contributed by atoms with van der Waals surface area (Å²) in [6.45, 7) is -0.271. The summed E-state index contributed by atoms with van der Waals surface area (Å²) in [6, 6.07) is 4.61. The molecule has 120 valence electrons. The number of anilines is 1. The normalized spacial score (nSPS) is 13.3. The number of aryl methyl sites for hydroxylation is 1. The molecule has 1 aliphatic rings. The van der Waals surface area contributed by atoms with Crippen molar-refractivity contribution in [3.63, 3.8) is 0 Å². The van der Waals surface area contributed by atoms with E-state index >= 15 is 0 Å². The Balaban J connectivity index is 1.64. The van der Waals surface area contributed by atoms with Crippen molar-refractivity contribution in [2.45, 2.75) is 25.7 Å². The van der Waals surface area contributed by atoms with Crippen LogP contribution in [-0.2, 0) is 17.6 Å². The molecule has 0 radical (unpaired) electrons. The predicted octanol–water partition coefficient (Wildman–Crippen LogP) is 3.26. The summed E-state index contributed by atoms with van der Waals surface area (Å²) in [4.78, 5) is 16.2. The van der Waals surface area contributed by atoms with E-state index in [-0.39, 0.29) is 12.3 Å². The standard InChI is InChI=1S/C17H16F2N2O2/c18-11-5-6-13(19)15(9-11)21-17(22)10-23-16-7-8-20-14-4-2-1-3-12(14)16/h5-9H,1-4,10H2,(H,21,22). The first-order valence-electron chi connectivity index (χ1n) is 7.48. The van der Waals surface area contributed by atoms with Gasteiger partial charge in [-0.2, -0.15) is 0 Å². The molecule has 1 N–H and O–H groups in total. The highest BCUT2D eigenvalue weighted by Crippen LogP contribution is 2.27. The first kappa shape index (κ1) is 15.4. The maximum atomic E-state index is 13.5. The largest absolute Gasteiger partial charge is 0.483 e. The Kier molecular flexibility index (Phi) is 4.50. The first-order valence-corrected chi connectivity index (χ1v) is 7.48. The molecule has 6 heteroatoms. The van der Waals surface area contributed by atoms with Crippen LogP contribution >= 0.6 is 0 Å². The highest BCUT2D eigenvalue weighted by molar-refractivity contribution is 5.92. The maximum Gasteiger partial charge on any atom is 0.262 e. The molecule has 1 heterocycles. The second-order valence-corrected chi connectivity index (χ2v) is 5.40. The lowest BCUT2D eigenvalue weighted by molar-refractivity contribution is -0.118. The zero-order valence-corrected chi connectivity index (χ0v) is 12.4.